The van der Waals surface area contributed by atoms with Crippen molar-refractivity contribution in [2.45, 2.75) is 0 Å². The molecule has 0 N–H and O–H groups in total. The molecule has 0 radical (unpaired) electrons. The van der Waals surface area contributed by atoms with Crippen molar-refractivity contribution >= 4 is 68.4 Å². The van der Waals surface area contributed by atoms with Gasteiger partial charge in [-0.15, -0.1) is 0 Å². The predicted molar refractivity (Wildman–Crippen MR) is 82.9 cm³/mol. The van der Waals surface area contributed by atoms with Crippen molar-refractivity contribution in [3.05, 3.63) is 42.0 Å². The minimum absolute atomic E-state index is 0.595. The van der Waals surface area contributed by atoms with Crippen LogP contribution in [0.2, 0.25) is 10.0 Å². The molecular formula is C10H4Cl2I2N2. The highest BCUT2D eigenvalue weighted by Crippen LogP contribution is 2.38. The minimum Gasteiger partial charge on any atom is -0.262 e. The van der Waals surface area contributed by atoms with E-state index in [4.69, 9.17) is 23.2 Å². The van der Waals surface area contributed by atoms with Crippen molar-refractivity contribution in [2.75, 3.05) is 0 Å². The van der Waals surface area contributed by atoms with E-state index < -0.39 is 0 Å². The fourth-order valence-corrected chi connectivity index (χ4v) is 3.57. The lowest BCUT2D eigenvalue weighted by Gasteiger charge is -2.10. The fourth-order valence-electron chi connectivity index (χ4n) is 1.30. The van der Waals surface area contributed by atoms with Gasteiger partial charge in [-0.1, -0.05) is 23.2 Å². The second-order valence-electron chi connectivity index (χ2n) is 2.96. The Bertz CT molecular complexity index is 456. The summed E-state index contributed by atoms with van der Waals surface area (Å²) >= 11 is 16.7. The molecule has 0 aromatic carbocycles. The topological polar surface area (TPSA) is 25.8 Å². The molecule has 0 aliphatic heterocycles. The Morgan fingerprint density at radius 3 is 1.44 bits per heavy atom. The fraction of sp³-hybridized carbons (Fsp3) is 0. The van der Waals surface area contributed by atoms with Gasteiger partial charge in [0.2, 0.25) is 0 Å². The van der Waals surface area contributed by atoms with Crippen LogP contribution in [0.25, 0.3) is 11.1 Å². The number of aromatic nitrogens is 2. The summed E-state index contributed by atoms with van der Waals surface area (Å²) in [6.07, 6.45) is 6.75. The van der Waals surface area contributed by atoms with Crippen LogP contribution in [0, 0.1) is 7.14 Å². The molecule has 0 amide bonds. The van der Waals surface area contributed by atoms with Gasteiger partial charge in [-0.2, -0.15) is 0 Å². The van der Waals surface area contributed by atoms with Crippen LogP contribution in [0.15, 0.2) is 24.8 Å². The van der Waals surface area contributed by atoms with Crippen molar-refractivity contribution in [1.29, 1.82) is 0 Å². The number of rotatable bonds is 1. The average Bonchev–Trinajstić information content (AvgIpc) is 2.21. The lowest BCUT2D eigenvalue weighted by Crippen LogP contribution is -1.92. The molecule has 0 fully saturated rings. The molecule has 2 heterocycles. The standard InChI is InChI=1S/C10H4Cl2I2N2/c11-5-1-15-3-7(13)9(5)10-6(12)2-16-4-8(10)14/h1-4H. The Balaban J connectivity index is 2.77. The Morgan fingerprint density at radius 2 is 1.12 bits per heavy atom. The average molecular weight is 477 g/mol. The van der Waals surface area contributed by atoms with E-state index >= 15 is 0 Å². The van der Waals surface area contributed by atoms with Crippen LogP contribution in [0.4, 0.5) is 0 Å². The van der Waals surface area contributed by atoms with E-state index in [9.17, 15) is 0 Å². The van der Waals surface area contributed by atoms with Gasteiger partial charge in [0, 0.05) is 43.1 Å². The first kappa shape index (κ1) is 12.8. The minimum atomic E-state index is 0.595. The van der Waals surface area contributed by atoms with Gasteiger partial charge in [0.15, 0.2) is 0 Å². The third-order valence-electron chi connectivity index (χ3n) is 1.96. The van der Waals surface area contributed by atoms with E-state index in [-0.39, 0.29) is 0 Å². The van der Waals surface area contributed by atoms with Gasteiger partial charge in [-0.05, 0) is 45.2 Å². The summed E-state index contributed by atoms with van der Waals surface area (Å²) in [5.74, 6) is 0. The van der Waals surface area contributed by atoms with Gasteiger partial charge in [-0.3, -0.25) is 9.97 Å². The molecule has 0 aliphatic carbocycles. The highest BCUT2D eigenvalue weighted by Gasteiger charge is 2.15. The molecule has 16 heavy (non-hydrogen) atoms. The molecular weight excluding hydrogens is 473 g/mol. The van der Waals surface area contributed by atoms with Crippen LogP contribution in [-0.4, -0.2) is 9.97 Å². The number of hydrogen-bond donors (Lipinski definition) is 0. The molecule has 0 aliphatic rings. The number of halogens is 4. The summed E-state index contributed by atoms with van der Waals surface area (Å²) in [4.78, 5) is 8.06. The van der Waals surface area contributed by atoms with E-state index in [0.717, 1.165) is 18.3 Å². The van der Waals surface area contributed by atoms with Crippen molar-refractivity contribution in [3.63, 3.8) is 0 Å². The van der Waals surface area contributed by atoms with Gasteiger partial charge >= 0.3 is 0 Å². The number of hydrogen-bond acceptors (Lipinski definition) is 2. The maximum Gasteiger partial charge on any atom is 0.0679 e. The largest absolute Gasteiger partial charge is 0.262 e. The molecule has 0 unspecified atom stereocenters. The van der Waals surface area contributed by atoms with Gasteiger partial charge in [-0.25, -0.2) is 0 Å². The molecule has 0 saturated carbocycles. The lowest BCUT2D eigenvalue weighted by molar-refractivity contribution is 1.28. The Morgan fingerprint density at radius 1 is 0.750 bits per heavy atom. The molecule has 2 aromatic heterocycles. The van der Waals surface area contributed by atoms with Gasteiger partial charge in [0.25, 0.3) is 0 Å². The van der Waals surface area contributed by atoms with Crippen LogP contribution in [-0.2, 0) is 0 Å². The Labute approximate surface area is 130 Å². The van der Waals surface area contributed by atoms with Crippen molar-refractivity contribution in [1.82, 2.24) is 9.97 Å². The smallest absolute Gasteiger partial charge is 0.0679 e. The van der Waals surface area contributed by atoms with Crippen LogP contribution in [0.5, 0.6) is 0 Å². The zero-order valence-corrected chi connectivity index (χ0v) is 13.5. The van der Waals surface area contributed by atoms with E-state index in [2.05, 4.69) is 55.1 Å². The number of pyridine rings is 2. The van der Waals surface area contributed by atoms with Crippen molar-refractivity contribution < 1.29 is 0 Å². The first-order valence-electron chi connectivity index (χ1n) is 4.19. The second kappa shape index (κ2) is 5.32. The van der Waals surface area contributed by atoms with E-state index in [1.165, 1.54) is 0 Å². The zero-order chi connectivity index (χ0) is 11.7. The summed E-state index contributed by atoms with van der Waals surface area (Å²) in [6.45, 7) is 0. The number of nitrogens with zero attached hydrogens (tertiary/aromatic N) is 2. The molecule has 0 saturated heterocycles. The molecule has 82 valence electrons. The van der Waals surface area contributed by atoms with Gasteiger partial charge in [0.05, 0.1) is 10.0 Å². The van der Waals surface area contributed by atoms with Crippen LogP contribution < -0.4 is 0 Å². The zero-order valence-electron chi connectivity index (χ0n) is 7.72. The maximum atomic E-state index is 6.16. The predicted octanol–water partition coefficient (Wildman–Crippen LogP) is 4.66. The normalized spacial score (nSPS) is 10.5. The highest BCUT2D eigenvalue weighted by atomic mass is 127. The van der Waals surface area contributed by atoms with Crippen LogP contribution in [0.1, 0.15) is 0 Å². The summed E-state index contributed by atoms with van der Waals surface area (Å²) in [7, 11) is 0. The molecule has 0 atom stereocenters. The van der Waals surface area contributed by atoms with E-state index in [1.54, 1.807) is 24.8 Å². The van der Waals surface area contributed by atoms with E-state index in [0.29, 0.717) is 10.0 Å². The summed E-state index contributed by atoms with van der Waals surface area (Å²) in [5.41, 5.74) is 1.82. The summed E-state index contributed by atoms with van der Waals surface area (Å²) < 4.78 is 1.94. The van der Waals surface area contributed by atoms with Crippen molar-refractivity contribution in [3.8, 4) is 11.1 Å². The quantitative estimate of drug-likeness (QED) is 0.560. The Kier molecular flexibility index (Phi) is 4.26. The summed E-state index contributed by atoms with van der Waals surface area (Å²) in [6, 6.07) is 0. The molecule has 6 heteroatoms. The summed E-state index contributed by atoms with van der Waals surface area (Å²) in [5, 5.41) is 1.19. The van der Waals surface area contributed by atoms with Crippen LogP contribution in [0.3, 0.4) is 0 Å². The second-order valence-corrected chi connectivity index (χ2v) is 6.10. The van der Waals surface area contributed by atoms with Crippen molar-refractivity contribution in [2.24, 2.45) is 0 Å². The Hall–Kier alpha value is 0.340. The first-order valence-corrected chi connectivity index (χ1v) is 7.11. The van der Waals surface area contributed by atoms with Crippen LogP contribution >= 0.6 is 68.4 Å². The van der Waals surface area contributed by atoms with E-state index in [1.807, 2.05) is 0 Å². The maximum absolute atomic E-state index is 6.16. The highest BCUT2D eigenvalue weighted by molar-refractivity contribution is 14.1. The lowest BCUT2D eigenvalue weighted by atomic mass is 10.1. The monoisotopic (exact) mass is 476 g/mol. The third-order valence-corrected chi connectivity index (χ3v) is 4.17. The third kappa shape index (κ3) is 2.44. The molecule has 0 bridgehead atoms. The molecule has 2 nitrogen and oxygen atoms in total. The van der Waals surface area contributed by atoms with Gasteiger partial charge < -0.3 is 0 Å². The molecule has 2 rings (SSSR count). The SMILES string of the molecule is Clc1cncc(I)c1-c1c(Cl)cncc1I. The molecule has 2 aromatic rings. The molecule has 0 spiro atoms. The van der Waals surface area contributed by atoms with Gasteiger partial charge in [0.1, 0.15) is 0 Å². The first-order chi connectivity index (χ1) is 7.61.